The molecule has 8 nitrogen and oxygen atoms in total. The molecule has 5 rings (SSSR count). The van der Waals surface area contributed by atoms with Gasteiger partial charge in [-0.15, -0.1) is 0 Å². The molecule has 0 amide bonds. The summed E-state index contributed by atoms with van der Waals surface area (Å²) in [7, 11) is 3.70. The van der Waals surface area contributed by atoms with E-state index in [1.807, 2.05) is 31.3 Å². The molecule has 2 atom stereocenters. The lowest BCUT2D eigenvalue weighted by Gasteiger charge is -2.54. The third kappa shape index (κ3) is 15.3. The number of allylic oxidation sites excluding steroid dienone is 5. The van der Waals surface area contributed by atoms with Gasteiger partial charge in [0, 0.05) is 37.6 Å². The minimum Gasteiger partial charge on any atom is -0.465 e. The zero-order valence-electron chi connectivity index (χ0n) is 32.8. The van der Waals surface area contributed by atoms with E-state index in [1.54, 1.807) is 0 Å². The lowest BCUT2D eigenvalue weighted by Crippen LogP contribution is -2.45. The summed E-state index contributed by atoms with van der Waals surface area (Å²) in [5.41, 5.74) is 0.879. The average molecular weight is 723 g/mol. The van der Waals surface area contributed by atoms with Crippen LogP contribution in [0.4, 0.5) is 0 Å². The van der Waals surface area contributed by atoms with E-state index >= 15 is 0 Å². The molecule has 0 radical (unpaired) electrons. The summed E-state index contributed by atoms with van der Waals surface area (Å²) in [5, 5.41) is 0. The van der Waals surface area contributed by atoms with Crippen molar-refractivity contribution in [1.29, 1.82) is 0 Å². The maximum atomic E-state index is 13.2. The third-order valence-corrected chi connectivity index (χ3v) is 11.8. The van der Waals surface area contributed by atoms with Gasteiger partial charge in [0.1, 0.15) is 25.9 Å². The number of esters is 3. The Hall–Kier alpha value is -2.74. The van der Waals surface area contributed by atoms with Crippen molar-refractivity contribution in [1.82, 2.24) is 4.90 Å². The molecule has 5 aliphatic rings. The highest BCUT2D eigenvalue weighted by atomic mass is 16.6. The van der Waals surface area contributed by atoms with Gasteiger partial charge >= 0.3 is 17.9 Å². The number of likely N-dealkylation sites (N-methyl/N-ethyl adjacent to an activating group) is 1. The van der Waals surface area contributed by atoms with Gasteiger partial charge in [0.15, 0.2) is 0 Å². The first-order valence-electron chi connectivity index (χ1n) is 21.0. The van der Waals surface area contributed by atoms with Crippen LogP contribution < -0.4 is 0 Å². The number of unbranched alkanes of at least 4 members (excludes halogenated alkanes) is 9. The summed E-state index contributed by atoms with van der Waals surface area (Å²) < 4.78 is 17.3. The fourth-order valence-electron chi connectivity index (χ4n) is 9.04. The van der Waals surface area contributed by atoms with E-state index in [-0.39, 0.29) is 37.7 Å². The zero-order valence-corrected chi connectivity index (χ0v) is 32.8. The van der Waals surface area contributed by atoms with Gasteiger partial charge in [-0.05, 0) is 114 Å². The first-order chi connectivity index (χ1) is 25.3. The quantitative estimate of drug-likeness (QED) is 0.0361. The summed E-state index contributed by atoms with van der Waals surface area (Å²) in [5.74, 6) is 2.26. The summed E-state index contributed by atoms with van der Waals surface area (Å²) in [4.78, 5) is 45.2. The van der Waals surface area contributed by atoms with Crippen LogP contribution in [0.5, 0.6) is 0 Å². The van der Waals surface area contributed by atoms with Crippen LogP contribution in [0.1, 0.15) is 142 Å². The largest absolute Gasteiger partial charge is 0.465 e. The third-order valence-electron chi connectivity index (χ3n) is 11.8. The summed E-state index contributed by atoms with van der Waals surface area (Å²) >= 11 is 0. The molecule has 8 heteroatoms. The van der Waals surface area contributed by atoms with E-state index < -0.39 is 12.0 Å². The fraction of sp³-hybridized carbons (Fsp3) is 0.773. The van der Waals surface area contributed by atoms with Gasteiger partial charge in [-0.3, -0.25) is 24.3 Å². The van der Waals surface area contributed by atoms with E-state index in [0.717, 1.165) is 56.1 Å². The van der Waals surface area contributed by atoms with Crippen molar-refractivity contribution < 1.29 is 28.6 Å². The molecule has 4 fully saturated rings. The van der Waals surface area contributed by atoms with Crippen molar-refractivity contribution in [3.8, 4) is 0 Å². The van der Waals surface area contributed by atoms with E-state index in [9.17, 15) is 14.4 Å². The highest BCUT2D eigenvalue weighted by Crippen LogP contribution is 2.57. The molecule has 0 aromatic carbocycles. The Bertz CT molecular complexity index is 1180. The van der Waals surface area contributed by atoms with E-state index in [4.69, 9.17) is 14.2 Å². The number of rotatable bonds is 27. The maximum absolute atomic E-state index is 13.2. The molecule has 1 aliphatic heterocycles. The molecule has 1 heterocycles. The zero-order chi connectivity index (χ0) is 37.0. The second kappa shape index (κ2) is 23.8. The number of carbonyl (C=O) groups excluding carboxylic acids is 3. The molecule has 0 spiro atoms. The van der Waals surface area contributed by atoms with Crippen molar-refractivity contribution in [2.24, 2.45) is 40.5 Å². The number of hydrogen-bond acceptors (Lipinski definition) is 8. The molecule has 4 bridgehead atoms. The molecule has 0 aromatic rings. The van der Waals surface area contributed by atoms with Gasteiger partial charge in [0.25, 0.3) is 0 Å². The number of nitrogens with zero attached hydrogens (tertiary/aromatic N) is 2. The van der Waals surface area contributed by atoms with Crippen molar-refractivity contribution in [2.75, 3.05) is 33.9 Å². The number of aliphatic imine (C=N–C) groups is 1. The van der Waals surface area contributed by atoms with Gasteiger partial charge < -0.3 is 14.2 Å². The topological polar surface area (TPSA) is 94.5 Å². The van der Waals surface area contributed by atoms with Crippen LogP contribution >= 0.6 is 0 Å². The van der Waals surface area contributed by atoms with Crippen LogP contribution in [0.15, 0.2) is 41.1 Å². The Morgan fingerprint density at radius 3 is 1.98 bits per heavy atom. The molecular weight excluding hydrogens is 652 g/mol. The van der Waals surface area contributed by atoms with Crippen LogP contribution in [-0.4, -0.2) is 69.0 Å². The van der Waals surface area contributed by atoms with Gasteiger partial charge in [-0.2, -0.15) is 0 Å². The first-order valence-corrected chi connectivity index (χ1v) is 21.0. The lowest BCUT2D eigenvalue weighted by atomic mass is 9.51. The van der Waals surface area contributed by atoms with Crippen LogP contribution in [-0.2, 0) is 28.6 Å². The minimum atomic E-state index is -0.479. The van der Waals surface area contributed by atoms with Gasteiger partial charge in [0.05, 0.1) is 5.92 Å². The Labute approximate surface area is 315 Å². The standard InChI is InChI=1S/C44H70N2O6/c1-4-5-6-7-8-9-10-11-12-13-14-15-16-17-18-19-22-42(47)50-31-36(33-52-44(49)41(46(2)3)29-39-21-20-23-45-39)32-51-43(48)30-40-37-25-34-24-35(27-37)28-38(40)26-34/h8-9,11-12,21,23,34-38,40-41H,4-7,10,13-20,22,24-33H2,1-3H3/b9-8-,12-11-/t34?,35?,36?,37?,38?,40?,41-/m0/s1. The Morgan fingerprint density at radius 1 is 0.769 bits per heavy atom. The molecule has 0 N–H and O–H groups in total. The Kier molecular flexibility index (Phi) is 19.2. The van der Waals surface area contributed by atoms with Crippen LogP contribution in [0, 0.1) is 35.5 Å². The van der Waals surface area contributed by atoms with Gasteiger partial charge in [0.2, 0.25) is 0 Å². The Morgan fingerprint density at radius 2 is 1.37 bits per heavy atom. The number of carbonyl (C=O) groups is 3. The van der Waals surface area contributed by atoms with Crippen molar-refractivity contribution in [2.45, 2.75) is 148 Å². The van der Waals surface area contributed by atoms with Crippen molar-refractivity contribution in [3.05, 3.63) is 36.1 Å². The molecular formula is C44H70N2O6. The number of ether oxygens (including phenoxy) is 3. The molecule has 0 saturated heterocycles. The highest BCUT2D eigenvalue weighted by Gasteiger charge is 2.48. The lowest BCUT2D eigenvalue weighted by molar-refractivity contribution is -0.157. The van der Waals surface area contributed by atoms with Crippen molar-refractivity contribution >= 4 is 24.1 Å². The molecule has 4 saturated carbocycles. The van der Waals surface area contributed by atoms with Crippen LogP contribution in [0.3, 0.4) is 0 Å². The Balaban J connectivity index is 1.13. The SMILES string of the molecule is CCCCC/C=C\C/C=C\CCCCCCCCC(=O)OCC(COC(=O)CC1C2CC3CC(C2)CC1C3)COC(=O)[C@H](CC1=CCC=N1)N(C)C. The van der Waals surface area contributed by atoms with Gasteiger partial charge in [-0.1, -0.05) is 75.8 Å². The number of hydrogen-bond donors (Lipinski definition) is 0. The van der Waals surface area contributed by atoms with Gasteiger partial charge in [-0.25, -0.2) is 0 Å². The predicted octanol–water partition coefficient (Wildman–Crippen LogP) is 9.58. The minimum absolute atomic E-state index is 0.0228. The van der Waals surface area contributed by atoms with Crippen LogP contribution in [0.2, 0.25) is 0 Å². The first kappa shape index (κ1) is 42.0. The maximum Gasteiger partial charge on any atom is 0.323 e. The summed E-state index contributed by atoms with van der Waals surface area (Å²) in [6.07, 6.45) is 35.3. The fourth-order valence-corrected chi connectivity index (χ4v) is 9.04. The summed E-state index contributed by atoms with van der Waals surface area (Å²) in [6.45, 7) is 2.39. The van der Waals surface area contributed by atoms with Crippen LogP contribution in [0.25, 0.3) is 0 Å². The average Bonchev–Trinajstić information content (AvgIpc) is 3.64. The molecule has 4 aliphatic carbocycles. The predicted molar refractivity (Wildman–Crippen MR) is 209 cm³/mol. The molecule has 52 heavy (non-hydrogen) atoms. The molecule has 292 valence electrons. The second-order valence-corrected chi connectivity index (χ2v) is 16.4. The normalized spacial score (nSPS) is 24.5. The highest BCUT2D eigenvalue weighted by molar-refractivity contribution is 5.76. The molecule has 0 aromatic heterocycles. The summed E-state index contributed by atoms with van der Waals surface area (Å²) in [6, 6.07) is -0.479. The van der Waals surface area contributed by atoms with E-state index in [2.05, 4.69) is 36.2 Å². The monoisotopic (exact) mass is 723 g/mol. The van der Waals surface area contributed by atoms with E-state index in [1.165, 1.54) is 77.0 Å². The molecule has 1 unspecified atom stereocenters. The second-order valence-electron chi connectivity index (χ2n) is 16.4. The van der Waals surface area contributed by atoms with E-state index in [0.29, 0.717) is 37.0 Å². The van der Waals surface area contributed by atoms with Crippen molar-refractivity contribution in [3.63, 3.8) is 0 Å². The smallest absolute Gasteiger partial charge is 0.323 e.